The van der Waals surface area contributed by atoms with E-state index < -0.39 is 5.66 Å². The van der Waals surface area contributed by atoms with Gasteiger partial charge in [0, 0.05) is 49.5 Å². The summed E-state index contributed by atoms with van der Waals surface area (Å²) in [6.45, 7) is 2.11. The Kier molecular flexibility index (Phi) is 7.53. The molecule has 0 saturated carbocycles. The van der Waals surface area contributed by atoms with Crippen LogP contribution in [0.1, 0.15) is 23.6 Å². The van der Waals surface area contributed by atoms with Gasteiger partial charge >= 0.3 is 0 Å². The summed E-state index contributed by atoms with van der Waals surface area (Å²) in [5.41, 5.74) is 11.4. The zero-order chi connectivity index (χ0) is 39.8. The highest BCUT2D eigenvalue weighted by molar-refractivity contribution is 6.22. The van der Waals surface area contributed by atoms with Crippen molar-refractivity contribution in [3.63, 3.8) is 0 Å². The van der Waals surface area contributed by atoms with Gasteiger partial charge in [-0.1, -0.05) is 140 Å². The maximum atomic E-state index is 6.66. The molecular formula is C53H35N5O2. The van der Waals surface area contributed by atoms with Gasteiger partial charge < -0.3 is 14.2 Å². The standard InChI is InChI=1S/C53H35N5O2/c1-53(36-29-26-33(27-30-36)38-19-12-20-40-39-18-8-11-24-45(39)60-49(38)40)56-50(34-14-4-2-5-15-34)55-51(57-53)42-21-13-25-46-48(42)41-31-28-35(32-47(41)59-46)52-54-43-22-9-10-23-44(43)58(52)37-16-6-3-7-17-37/h2-32H,1H3,(H,55,56,57). The maximum Gasteiger partial charge on any atom is 0.159 e. The van der Waals surface area contributed by atoms with Gasteiger partial charge in [0.15, 0.2) is 11.5 Å². The molecule has 1 aliphatic rings. The Bertz CT molecular complexity index is 3520. The van der Waals surface area contributed by atoms with Crippen molar-refractivity contribution in [2.24, 2.45) is 9.98 Å². The minimum Gasteiger partial charge on any atom is -0.456 e. The fraction of sp³-hybridized carbons (Fsp3) is 0.0377. The van der Waals surface area contributed by atoms with Crippen LogP contribution in [0.25, 0.3) is 83.1 Å². The van der Waals surface area contributed by atoms with E-state index in [1.54, 1.807) is 0 Å². The number of nitrogens with one attached hydrogen (secondary N) is 1. The number of hydrogen-bond donors (Lipinski definition) is 1. The molecule has 1 N–H and O–H groups in total. The van der Waals surface area contributed by atoms with Crippen LogP contribution in [0, 0.1) is 0 Å². The lowest BCUT2D eigenvalue weighted by atomic mass is 9.95. The molecule has 3 aromatic heterocycles. The van der Waals surface area contributed by atoms with E-state index in [1.807, 2.05) is 54.6 Å². The van der Waals surface area contributed by atoms with Crippen molar-refractivity contribution in [3.8, 4) is 28.2 Å². The molecule has 0 spiro atoms. The monoisotopic (exact) mass is 773 g/mol. The highest BCUT2D eigenvalue weighted by Crippen LogP contribution is 2.39. The summed E-state index contributed by atoms with van der Waals surface area (Å²) in [5.74, 6) is 2.21. The number of amidine groups is 2. The van der Waals surface area contributed by atoms with Crippen LogP contribution in [0.5, 0.6) is 0 Å². The van der Waals surface area contributed by atoms with Crippen molar-refractivity contribution in [2.75, 3.05) is 0 Å². The molecule has 1 aliphatic heterocycles. The van der Waals surface area contributed by atoms with Gasteiger partial charge in [-0.15, -0.1) is 0 Å². The number of fused-ring (bicyclic) bond motifs is 7. The second kappa shape index (κ2) is 13.3. The highest BCUT2D eigenvalue weighted by Gasteiger charge is 2.33. The van der Waals surface area contributed by atoms with Crippen LogP contribution in [0.3, 0.4) is 0 Å². The third kappa shape index (κ3) is 5.40. The normalized spacial score (nSPS) is 15.5. The molecule has 0 aliphatic carbocycles. The van der Waals surface area contributed by atoms with Crippen molar-refractivity contribution < 1.29 is 8.83 Å². The van der Waals surface area contributed by atoms with Crippen LogP contribution < -0.4 is 5.32 Å². The van der Waals surface area contributed by atoms with Gasteiger partial charge in [0.2, 0.25) is 0 Å². The lowest BCUT2D eigenvalue weighted by molar-refractivity contribution is 0.455. The summed E-state index contributed by atoms with van der Waals surface area (Å²) in [7, 11) is 0. The van der Waals surface area contributed by atoms with Gasteiger partial charge in [-0.25, -0.2) is 15.0 Å². The first-order chi connectivity index (χ1) is 29.6. The zero-order valence-corrected chi connectivity index (χ0v) is 32.5. The molecular weight excluding hydrogens is 739 g/mol. The van der Waals surface area contributed by atoms with Gasteiger partial charge in [0.05, 0.1) is 11.0 Å². The van der Waals surface area contributed by atoms with E-state index in [0.717, 1.165) is 99.8 Å². The molecule has 0 fully saturated rings. The van der Waals surface area contributed by atoms with Crippen molar-refractivity contribution in [1.29, 1.82) is 0 Å². The molecule has 0 amide bonds. The predicted octanol–water partition coefficient (Wildman–Crippen LogP) is 12.8. The largest absolute Gasteiger partial charge is 0.456 e. The summed E-state index contributed by atoms with van der Waals surface area (Å²) < 4.78 is 15.3. The lowest BCUT2D eigenvalue weighted by Crippen LogP contribution is -2.46. The number of aromatic nitrogens is 2. The zero-order valence-electron chi connectivity index (χ0n) is 32.5. The van der Waals surface area contributed by atoms with Crippen molar-refractivity contribution in [2.45, 2.75) is 12.6 Å². The van der Waals surface area contributed by atoms with Gasteiger partial charge in [0.1, 0.15) is 34.0 Å². The molecule has 0 bridgehead atoms. The van der Waals surface area contributed by atoms with Gasteiger partial charge in [-0.3, -0.25) is 4.57 Å². The average molecular weight is 774 g/mol. The Labute approximate surface area is 344 Å². The fourth-order valence-electron chi connectivity index (χ4n) is 8.78. The second-order valence-corrected chi connectivity index (χ2v) is 15.4. The second-order valence-electron chi connectivity index (χ2n) is 15.4. The first-order valence-corrected chi connectivity index (χ1v) is 20.1. The summed E-state index contributed by atoms with van der Waals surface area (Å²) >= 11 is 0. The molecule has 4 heterocycles. The first kappa shape index (κ1) is 34.0. The van der Waals surface area contributed by atoms with Crippen LogP contribution >= 0.6 is 0 Å². The third-order valence-electron chi connectivity index (χ3n) is 11.7. The van der Waals surface area contributed by atoms with Crippen LogP contribution in [0.2, 0.25) is 0 Å². The van der Waals surface area contributed by atoms with Crippen LogP contribution in [-0.2, 0) is 5.66 Å². The molecule has 284 valence electrons. The lowest BCUT2D eigenvalue weighted by Gasteiger charge is -2.33. The molecule has 7 nitrogen and oxygen atoms in total. The minimum absolute atomic E-state index is 0.648. The molecule has 60 heavy (non-hydrogen) atoms. The van der Waals surface area contributed by atoms with E-state index in [1.165, 1.54) is 0 Å². The molecule has 11 aromatic rings. The number of para-hydroxylation sites is 5. The quantitative estimate of drug-likeness (QED) is 0.182. The summed E-state index contributed by atoms with van der Waals surface area (Å²) in [6.07, 6.45) is 0. The SMILES string of the molecule is CC1(c2ccc(-c3cccc4c3oc3ccccc34)cc2)N=C(c2ccccc2)N=C(c2cccc3oc4cc(-c5nc6ccccc6n5-c5ccccc5)ccc4c23)N1. The van der Waals surface area contributed by atoms with Crippen molar-refractivity contribution in [3.05, 3.63) is 205 Å². The minimum atomic E-state index is -0.850. The molecule has 0 radical (unpaired) electrons. The van der Waals surface area contributed by atoms with E-state index >= 15 is 0 Å². The fourth-order valence-corrected chi connectivity index (χ4v) is 8.78. The van der Waals surface area contributed by atoms with E-state index in [9.17, 15) is 0 Å². The van der Waals surface area contributed by atoms with Crippen molar-refractivity contribution in [1.82, 2.24) is 14.9 Å². The topological polar surface area (TPSA) is 80.8 Å². The Morgan fingerprint density at radius 1 is 0.533 bits per heavy atom. The van der Waals surface area contributed by atoms with Gasteiger partial charge in [-0.05, 0) is 66.6 Å². The molecule has 0 saturated heterocycles. The summed E-state index contributed by atoms with van der Waals surface area (Å²) in [6, 6.07) is 64.5. The third-order valence-corrected chi connectivity index (χ3v) is 11.7. The number of furan rings is 2. The van der Waals surface area contributed by atoms with Crippen LogP contribution in [-0.4, -0.2) is 21.2 Å². The van der Waals surface area contributed by atoms with Gasteiger partial charge in [-0.2, -0.15) is 0 Å². The smallest absolute Gasteiger partial charge is 0.159 e. The van der Waals surface area contributed by atoms with Crippen LogP contribution in [0.15, 0.2) is 207 Å². The predicted molar refractivity (Wildman–Crippen MR) is 243 cm³/mol. The van der Waals surface area contributed by atoms with E-state index in [0.29, 0.717) is 11.7 Å². The Morgan fingerprint density at radius 2 is 1.23 bits per heavy atom. The molecule has 12 rings (SSSR count). The molecule has 7 heteroatoms. The summed E-state index contributed by atoms with van der Waals surface area (Å²) in [4.78, 5) is 15.6. The number of imidazole rings is 1. The van der Waals surface area contributed by atoms with E-state index in [4.69, 9.17) is 23.8 Å². The number of benzene rings is 8. The van der Waals surface area contributed by atoms with E-state index in [2.05, 4.69) is 150 Å². The number of hydrogen-bond acceptors (Lipinski definition) is 6. The average Bonchev–Trinajstić information content (AvgIpc) is 4.01. The Hall–Kier alpha value is -8.03. The number of rotatable bonds is 6. The van der Waals surface area contributed by atoms with Crippen LogP contribution in [0.4, 0.5) is 0 Å². The molecule has 8 aromatic carbocycles. The first-order valence-electron chi connectivity index (χ1n) is 20.1. The molecule has 1 unspecified atom stereocenters. The molecule has 1 atom stereocenters. The van der Waals surface area contributed by atoms with Gasteiger partial charge in [0.25, 0.3) is 0 Å². The maximum absolute atomic E-state index is 6.66. The Balaban J connectivity index is 0.960. The number of aliphatic imine (C=N–C) groups is 2. The highest BCUT2D eigenvalue weighted by atomic mass is 16.3. The van der Waals surface area contributed by atoms with E-state index in [-0.39, 0.29) is 0 Å². The Morgan fingerprint density at radius 3 is 2.10 bits per heavy atom. The van der Waals surface area contributed by atoms with Crippen molar-refractivity contribution >= 4 is 66.6 Å². The number of nitrogens with zero attached hydrogens (tertiary/aromatic N) is 4. The summed E-state index contributed by atoms with van der Waals surface area (Å²) in [5, 5.41) is 7.97.